The van der Waals surface area contributed by atoms with E-state index in [1.807, 2.05) is 0 Å². The number of piperazine rings is 1. The molecule has 0 aromatic carbocycles. The lowest BCUT2D eigenvalue weighted by atomic mass is 10.2. The van der Waals surface area contributed by atoms with E-state index >= 15 is 0 Å². The van der Waals surface area contributed by atoms with Crippen molar-refractivity contribution in [3.8, 4) is 0 Å². The van der Waals surface area contributed by atoms with Crippen molar-refractivity contribution in [2.24, 2.45) is 0 Å². The smallest absolute Gasteiger partial charge is 0.270 e. The summed E-state index contributed by atoms with van der Waals surface area (Å²) in [7, 11) is 0. The summed E-state index contributed by atoms with van der Waals surface area (Å²) in [6, 6.07) is -0.549. The van der Waals surface area contributed by atoms with Crippen LogP contribution in [0.4, 0.5) is 0 Å². The summed E-state index contributed by atoms with van der Waals surface area (Å²) >= 11 is 3.93. The molecule has 1 heterocycles. The Hall–Kier alpha value is -0.750. The van der Waals surface area contributed by atoms with Gasteiger partial charge in [0.15, 0.2) is 0 Å². The summed E-state index contributed by atoms with van der Waals surface area (Å²) in [4.78, 5) is 22.4. The van der Waals surface area contributed by atoms with E-state index in [4.69, 9.17) is 4.74 Å². The summed E-state index contributed by atoms with van der Waals surface area (Å²) < 4.78 is 4.99. The van der Waals surface area contributed by atoms with Crippen LogP contribution in [-0.2, 0) is 14.3 Å². The summed E-state index contributed by atoms with van der Waals surface area (Å²) in [5.41, 5.74) is 0. The molecule has 1 saturated heterocycles. The maximum atomic E-state index is 11.2. The molecule has 2 N–H and O–H groups in total. The maximum absolute atomic E-state index is 11.2. The monoisotopic (exact) mass is 204 g/mol. The molecule has 0 aromatic heterocycles. The normalized spacial score (nSPS) is 28.2. The summed E-state index contributed by atoms with van der Waals surface area (Å²) in [6.07, 6.45) is -0.853. The average molecular weight is 204 g/mol. The molecular weight excluding hydrogens is 192 g/mol. The Kier molecular flexibility index (Phi) is 3.56. The highest BCUT2D eigenvalue weighted by Crippen LogP contribution is 2.00. The second-order valence-corrected chi connectivity index (χ2v) is 2.95. The fourth-order valence-corrected chi connectivity index (χ4v) is 1.28. The highest BCUT2D eigenvalue weighted by atomic mass is 32.1. The predicted molar refractivity (Wildman–Crippen MR) is 49.3 cm³/mol. The van der Waals surface area contributed by atoms with Crippen molar-refractivity contribution < 1.29 is 14.3 Å². The lowest BCUT2D eigenvalue weighted by Gasteiger charge is -2.28. The molecule has 2 atom stereocenters. The summed E-state index contributed by atoms with van der Waals surface area (Å²) in [5.74, 6) is -0.287. The lowest BCUT2D eigenvalue weighted by molar-refractivity contribution is -0.147. The third-order valence-electron chi connectivity index (χ3n) is 1.66. The van der Waals surface area contributed by atoms with Gasteiger partial charge in [-0.25, -0.2) is 0 Å². The molecule has 1 fully saturated rings. The van der Waals surface area contributed by atoms with Crippen LogP contribution in [0.2, 0.25) is 0 Å². The molecule has 74 valence electrons. The molecule has 2 unspecified atom stereocenters. The van der Waals surface area contributed by atoms with E-state index in [0.717, 1.165) is 0 Å². The second kappa shape index (κ2) is 4.48. The highest BCUT2D eigenvalue weighted by molar-refractivity contribution is 7.80. The maximum Gasteiger partial charge on any atom is 0.270 e. The van der Waals surface area contributed by atoms with Crippen LogP contribution in [0.3, 0.4) is 0 Å². The van der Waals surface area contributed by atoms with Crippen LogP contribution in [-0.4, -0.2) is 36.4 Å². The first kappa shape index (κ1) is 10.3. The van der Waals surface area contributed by atoms with Crippen molar-refractivity contribution in [2.75, 3.05) is 12.4 Å². The Morgan fingerprint density at radius 3 is 2.62 bits per heavy atom. The van der Waals surface area contributed by atoms with Crippen molar-refractivity contribution >= 4 is 24.4 Å². The molecule has 1 aliphatic rings. The van der Waals surface area contributed by atoms with E-state index in [9.17, 15) is 9.59 Å². The Labute approximate surface area is 81.6 Å². The van der Waals surface area contributed by atoms with Gasteiger partial charge in [0.05, 0.1) is 0 Å². The van der Waals surface area contributed by atoms with E-state index in [0.29, 0.717) is 6.61 Å². The van der Waals surface area contributed by atoms with Gasteiger partial charge in [0.1, 0.15) is 6.04 Å². The number of amides is 2. The van der Waals surface area contributed by atoms with Crippen LogP contribution in [0.15, 0.2) is 0 Å². The predicted octanol–water partition coefficient (Wildman–Crippen LogP) is -1.11. The molecule has 0 aromatic rings. The van der Waals surface area contributed by atoms with E-state index in [1.165, 1.54) is 0 Å². The van der Waals surface area contributed by atoms with Gasteiger partial charge in [0, 0.05) is 12.4 Å². The van der Waals surface area contributed by atoms with Crippen LogP contribution >= 0.6 is 12.6 Å². The zero-order valence-electron chi connectivity index (χ0n) is 7.24. The number of carbonyl (C=O) groups is 2. The van der Waals surface area contributed by atoms with Gasteiger partial charge in [-0.15, -0.1) is 0 Å². The quantitative estimate of drug-likeness (QED) is 0.511. The number of carbonyl (C=O) groups excluding carboxylic acids is 2. The van der Waals surface area contributed by atoms with E-state index in [2.05, 4.69) is 23.3 Å². The van der Waals surface area contributed by atoms with Crippen molar-refractivity contribution in [1.82, 2.24) is 10.6 Å². The van der Waals surface area contributed by atoms with Crippen molar-refractivity contribution in [1.29, 1.82) is 0 Å². The van der Waals surface area contributed by atoms with Crippen molar-refractivity contribution in [2.45, 2.75) is 19.2 Å². The first-order chi connectivity index (χ1) is 6.19. The standard InChI is InChI=1S/C7H12N2O3S/c1-2-12-7-6(11)8-4(3-13)5(10)9-7/h4,7,13H,2-3H2,1H3,(H,8,11)(H,9,10). The van der Waals surface area contributed by atoms with E-state index < -0.39 is 12.3 Å². The van der Waals surface area contributed by atoms with Gasteiger partial charge in [0.25, 0.3) is 5.91 Å². The molecule has 0 bridgehead atoms. The number of ether oxygens (including phenoxy) is 1. The van der Waals surface area contributed by atoms with Crippen LogP contribution < -0.4 is 10.6 Å². The molecule has 0 saturated carbocycles. The van der Waals surface area contributed by atoms with Crippen molar-refractivity contribution in [3.05, 3.63) is 0 Å². The lowest BCUT2D eigenvalue weighted by Crippen LogP contribution is -2.63. The molecule has 5 nitrogen and oxygen atoms in total. The molecule has 1 aliphatic heterocycles. The van der Waals surface area contributed by atoms with E-state index in [1.54, 1.807) is 6.92 Å². The van der Waals surface area contributed by atoms with Gasteiger partial charge in [-0.2, -0.15) is 12.6 Å². The molecule has 6 heteroatoms. The molecular formula is C7H12N2O3S. The van der Waals surface area contributed by atoms with E-state index in [-0.39, 0.29) is 17.6 Å². The largest absolute Gasteiger partial charge is 0.350 e. The van der Waals surface area contributed by atoms with Gasteiger partial charge in [0.2, 0.25) is 12.1 Å². The van der Waals surface area contributed by atoms with Crippen LogP contribution in [0.5, 0.6) is 0 Å². The van der Waals surface area contributed by atoms with Gasteiger partial charge >= 0.3 is 0 Å². The SMILES string of the molecule is CCOC1NC(=O)C(CS)NC1=O. The summed E-state index contributed by atoms with van der Waals surface area (Å²) in [6.45, 7) is 2.13. The van der Waals surface area contributed by atoms with Crippen LogP contribution in [0.25, 0.3) is 0 Å². The third-order valence-corrected chi connectivity index (χ3v) is 2.03. The first-order valence-electron chi connectivity index (χ1n) is 4.02. The zero-order valence-corrected chi connectivity index (χ0v) is 8.14. The minimum absolute atomic E-state index is 0.256. The molecule has 0 radical (unpaired) electrons. The Bertz CT molecular complexity index is 222. The molecule has 1 rings (SSSR count). The minimum Gasteiger partial charge on any atom is -0.350 e. The Morgan fingerprint density at radius 2 is 2.08 bits per heavy atom. The molecule has 0 aliphatic carbocycles. The number of hydrogen-bond acceptors (Lipinski definition) is 4. The van der Waals surface area contributed by atoms with Crippen LogP contribution in [0.1, 0.15) is 6.92 Å². The van der Waals surface area contributed by atoms with Gasteiger partial charge in [-0.1, -0.05) is 0 Å². The first-order valence-corrected chi connectivity index (χ1v) is 4.65. The van der Waals surface area contributed by atoms with Gasteiger partial charge in [-0.3, -0.25) is 9.59 Å². The highest BCUT2D eigenvalue weighted by Gasteiger charge is 2.32. The van der Waals surface area contributed by atoms with Crippen molar-refractivity contribution in [3.63, 3.8) is 0 Å². The Balaban J connectivity index is 2.56. The molecule has 0 spiro atoms. The average Bonchev–Trinajstić information content (AvgIpc) is 2.11. The topological polar surface area (TPSA) is 67.4 Å². The Morgan fingerprint density at radius 1 is 1.38 bits per heavy atom. The number of nitrogens with one attached hydrogen (secondary N) is 2. The number of hydrogen-bond donors (Lipinski definition) is 3. The van der Waals surface area contributed by atoms with Gasteiger partial charge < -0.3 is 15.4 Å². The second-order valence-electron chi connectivity index (χ2n) is 2.59. The molecule has 2 amide bonds. The minimum atomic E-state index is -0.853. The zero-order chi connectivity index (χ0) is 9.84. The number of thiol groups is 1. The fraction of sp³-hybridized carbons (Fsp3) is 0.714. The fourth-order valence-electron chi connectivity index (χ4n) is 1.02. The molecule has 13 heavy (non-hydrogen) atoms. The van der Waals surface area contributed by atoms with Gasteiger partial charge in [-0.05, 0) is 6.92 Å². The van der Waals surface area contributed by atoms with Crippen LogP contribution in [0, 0.1) is 0 Å². The summed E-state index contributed by atoms with van der Waals surface area (Å²) in [5, 5.41) is 4.94. The third kappa shape index (κ3) is 2.35. The number of rotatable bonds is 3.